The van der Waals surface area contributed by atoms with Crippen molar-refractivity contribution in [2.75, 3.05) is 0 Å². The van der Waals surface area contributed by atoms with Crippen LogP contribution in [-0.4, -0.2) is 64.6 Å². The van der Waals surface area contributed by atoms with Gasteiger partial charge in [0.1, 0.15) is 11.6 Å². The molecule has 5 aromatic carbocycles. The minimum Gasteiger partial charge on any atom is -0.340 e. The summed E-state index contributed by atoms with van der Waals surface area (Å²) in [4.78, 5) is 9.21. The Kier molecular flexibility index (Phi) is 17.3. The van der Waals surface area contributed by atoms with Gasteiger partial charge in [-0.05, 0) is 93.5 Å². The van der Waals surface area contributed by atoms with Gasteiger partial charge in [0.2, 0.25) is 0 Å². The van der Waals surface area contributed by atoms with Crippen molar-refractivity contribution in [3.05, 3.63) is 175 Å². The first-order valence-corrected chi connectivity index (χ1v) is 19.9. The van der Waals surface area contributed by atoms with Crippen LogP contribution in [0.1, 0.15) is 115 Å². The molecule has 7 rings (SSSR count). The first-order chi connectivity index (χ1) is 27.0. The molecule has 0 saturated carbocycles. The Labute approximate surface area is 378 Å². The van der Waals surface area contributed by atoms with E-state index in [-0.39, 0.29) is 51.3 Å². The molecule has 4 nitrogen and oxygen atoms in total. The van der Waals surface area contributed by atoms with E-state index < -0.39 is 0 Å². The molecule has 0 saturated heterocycles. The number of benzene rings is 5. The quantitative estimate of drug-likeness (QED) is 0.107. The van der Waals surface area contributed by atoms with Crippen molar-refractivity contribution in [2.24, 2.45) is 0 Å². The summed E-state index contributed by atoms with van der Waals surface area (Å²) in [6, 6.07) is 39.6. The molecule has 0 bridgehead atoms. The molecule has 2 heterocycles. The van der Waals surface area contributed by atoms with E-state index in [1.807, 2.05) is 63.1 Å². The summed E-state index contributed by atoms with van der Waals surface area (Å²) >= 11 is 0. The molecule has 0 atom stereocenters. The Hall–Kier alpha value is -4.07. The maximum absolute atomic E-state index is 13.5. The molecule has 0 N–H and O–H groups in total. The molecule has 7 aromatic rings. The van der Waals surface area contributed by atoms with Gasteiger partial charge >= 0.3 is 45.5 Å². The van der Waals surface area contributed by atoms with Crippen LogP contribution in [0.2, 0.25) is 0 Å². The fourth-order valence-corrected chi connectivity index (χ4v) is 6.94. The number of aromatic nitrogens is 4. The molecule has 0 fully saturated rings. The average molecular weight is 833 g/mol. The van der Waals surface area contributed by atoms with Gasteiger partial charge in [-0.1, -0.05) is 104 Å². The van der Waals surface area contributed by atoms with Gasteiger partial charge in [-0.15, -0.1) is 35.9 Å². The Morgan fingerprint density at radius 1 is 0.526 bits per heavy atom. The van der Waals surface area contributed by atoms with E-state index in [4.69, 9.17) is 0 Å². The zero-order valence-electron chi connectivity index (χ0n) is 35.5. The second-order valence-corrected chi connectivity index (χ2v) is 15.4. The standard InChI is InChI=1S/C27H27FN2.C21H23N2.C3H7.Sr/c1-18(2)24-16-22(20-8-6-5-7-9-20)17-25(19(3)4)26(24)30-15-14-29-27(30)21-10-12-23(28)13-11-21;1-15(2)18-11-8-12-19(16(3)4)20(18)23-14-13-22-21(23)17-9-6-5-7-10-17;1-3-2;/h5-19H,1-4H3;5-9,11-16H,1-4H3;3H,1-2H3;/q;2*-1;+2. The molecule has 290 valence electrons. The van der Waals surface area contributed by atoms with Gasteiger partial charge in [0.25, 0.3) is 0 Å². The Morgan fingerprint density at radius 2 is 1.00 bits per heavy atom. The third kappa shape index (κ3) is 11.1. The summed E-state index contributed by atoms with van der Waals surface area (Å²) in [5.74, 6) is 3.12. The van der Waals surface area contributed by atoms with Gasteiger partial charge in [-0.3, -0.25) is 9.55 Å². The molecule has 0 unspecified atom stereocenters. The van der Waals surface area contributed by atoms with Crippen LogP contribution in [0, 0.1) is 18.3 Å². The largest absolute Gasteiger partial charge is 2.00 e. The average Bonchev–Trinajstić information content (AvgIpc) is 3.89. The SMILES string of the molecule is CC(C)c1cc(-c2ccccc2)cc(C(C)C)c1-n1ccnc1-c1ccc(F)cc1.CC(C)c1cccc(C(C)C)c1-n1ccnc1-c1[c-]cccc1.C[CH-]C.[Sr+2]. The normalized spacial score (nSPS) is 10.9. The number of para-hydroxylation sites is 1. The van der Waals surface area contributed by atoms with Gasteiger partial charge in [-0.25, -0.2) is 9.37 Å². The van der Waals surface area contributed by atoms with Crippen LogP contribution in [0.3, 0.4) is 0 Å². The summed E-state index contributed by atoms with van der Waals surface area (Å²) in [6.45, 7) is 21.9. The van der Waals surface area contributed by atoms with Gasteiger partial charge in [0.15, 0.2) is 0 Å². The van der Waals surface area contributed by atoms with E-state index in [9.17, 15) is 4.39 Å². The number of hydrogen-bond donors (Lipinski definition) is 0. The molecule has 0 aliphatic heterocycles. The summed E-state index contributed by atoms with van der Waals surface area (Å²) in [5.41, 5.74) is 12.1. The zero-order chi connectivity index (χ0) is 40.4. The fourth-order valence-electron chi connectivity index (χ4n) is 6.94. The molecule has 57 heavy (non-hydrogen) atoms. The van der Waals surface area contributed by atoms with E-state index in [1.54, 1.807) is 12.1 Å². The molecular weight excluding hydrogens is 775 g/mol. The molecule has 2 aromatic heterocycles. The summed E-state index contributed by atoms with van der Waals surface area (Å²) in [5, 5.41) is 0. The third-order valence-corrected chi connectivity index (χ3v) is 9.68. The monoisotopic (exact) mass is 832 g/mol. The summed E-state index contributed by atoms with van der Waals surface area (Å²) < 4.78 is 17.8. The van der Waals surface area contributed by atoms with Crippen molar-refractivity contribution in [1.29, 1.82) is 0 Å². The number of imidazole rings is 2. The Bertz CT molecular complexity index is 2210. The number of hydrogen-bond acceptors (Lipinski definition) is 2. The van der Waals surface area contributed by atoms with Crippen LogP contribution in [0.25, 0.3) is 45.3 Å². The van der Waals surface area contributed by atoms with Crippen molar-refractivity contribution < 1.29 is 4.39 Å². The predicted molar refractivity (Wildman–Crippen MR) is 240 cm³/mol. The molecule has 0 radical (unpaired) electrons. The first kappa shape index (κ1) is 45.6. The minimum atomic E-state index is -0.241. The van der Waals surface area contributed by atoms with Crippen LogP contribution < -0.4 is 0 Å². The number of rotatable bonds is 9. The molecular formula is C51H57FN4Sr. The third-order valence-electron chi connectivity index (χ3n) is 9.68. The van der Waals surface area contributed by atoms with Crippen molar-refractivity contribution in [3.8, 4) is 45.3 Å². The summed E-state index contributed by atoms with van der Waals surface area (Å²) in [7, 11) is 0. The second kappa shape index (κ2) is 21.6. The van der Waals surface area contributed by atoms with Gasteiger partial charge < -0.3 is 11.0 Å². The molecule has 0 aliphatic carbocycles. The predicted octanol–water partition coefficient (Wildman–Crippen LogP) is 14.0. The van der Waals surface area contributed by atoms with Gasteiger partial charge in [0, 0.05) is 36.0 Å². The molecule has 0 spiro atoms. The topological polar surface area (TPSA) is 35.6 Å². The second-order valence-electron chi connectivity index (χ2n) is 15.4. The summed E-state index contributed by atoms with van der Waals surface area (Å²) in [6.07, 6.45) is 9.76. The van der Waals surface area contributed by atoms with Crippen molar-refractivity contribution in [2.45, 2.75) is 92.9 Å². The van der Waals surface area contributed by atoms with Crippen LogP contribution in [0.15, 0.2) is 134 Å². The Morgan fingerprint density at radius 3 is 1.49 bits per heavy atom. The molecule has 6 heteroatoms. The van der Waals surface area contributed by atoms with Crippen LogP contribution in [0.5, 0.6) is 0 Å². The van der Waals surface area contributed by atoms with Gasteiger partial charge in [0.05, 0.1) is 11.5 Å². The number of nitrogens with zero attached hydrogens (tertiary/aromatic N) is 4. The fraction of sp³-hybridized carbons (Fsp3) is 0.275. The number of halogens is 1. The van der Waals surface area contributed by atoms with E-state index in [0.717, 1.165) is 22.8 Å². The first-order valence-electron chi connectivity index (χ1n) is 19.9. The van der Waals surface area contributed by atoms with Crippen LogP contribution >= 0.6 is 0 Å². The molecule has 0 amide bonds. The van der Waals surface area contributed by atoms with Crippen molar-refractivity contribution in [1.82, 2.24) is 19.1 Å². The van der Waals surface area contributed by atoms with Gasteiger partial charge in [-0.2, -0.15) is 13.8 Å². The van der Waals surface area contributed by atoms with E-state index in [0.29, 0.717) is 23.7 Å². The molecule has 0 aliphatic rings. The van der Waals surface area contributed by atoms with Crippen LogP contribution in [0.4, 0.5) is 4.39 Å². The van der Waals surface area contributed by atoms with Crippen molar-refractivity contribution >= 4 is 45.5 Å². The maximum atomic E-state index is 13.5. The zero-order valence-corrected chi connectivity index (χ0v) is 38.9. The van der Waals surface area contributed by atoms with E-state index >= 15 is 0 Å². The van der Waals surface area contributed by atoms with E-state index in [1.165, 1.54) is 56.9 Å². The van der Waals surface area contributed by atoms with Crippen LogP contribution in [-0.2, 0) is 0 Å². The minimum absolute atomic E-state index is 0. The van der Waals surface area contributed by atoms with E-state index in [2.05, 4.69) is 147 Å². The maximum Gasteiger partial charge on any atom is 2.00 e. The Balaban J connectivity index is 0.000000239. The smallest absolute Gasteiger partial charge is 0.340 e. The van der Waals surface area contributed by atoms with Crippen molar-refractivity contribution in [3.63, 3.8) is 0 Å².